The smallest absolute Gasteiger partial charge is 0.413 e. The van der Waals surface area contributed by atoms with Crippen molar-refractivity contribution in [3.05, 3.63) is 100 Å². The number of likely N-dealkylation sites (tertiary alicyclic amines) is 1. The minimum atomic E-state index is -0.874. The molecule has 3 N–H and O–H groups in total. The Bertz CT molecular complexity index is 2750. The summed E-state index contributed by atoms with van der Waals surface area (Å²) < 4.78 is 39.4. The molecule has 20 nitrogen and oxygen atoms in total. The highest BCUT2D eigenvalue weighted by Gasteiger charge is 2.51. The van der Waals surface area contributed by atoms with Crippen LogP contribution >= 0.6 is 23.1 Å². The third-order valence-electron chi connectivity index (χ3n) is 12.8. The molecule has 0 saturated carbocycles. The van der Waals surface area contributed by atoms with Crippen molar-refractivity contribution in [2.45, 2.75) is 95.7 Å². The largest absolute Gasteiger partial charge is 0.543 e. The van der Waals surface area contributed by atoms with Gasteiger partial charge in [0.25, 0.3) is 23.7 Å². The summed E-state index contributed by atoms with van der Waals surface area (Å²) in [5.41, 5.74) is 2.21. The summed E-state index contributed by atoms with van der Waals surface area (Å²) >= 11 is 2.57. The number of β-lactam (4-membered cyclic amide) rings is 1. The van der Waals surface area contributed by atoms with Gasteiger partial charge in [0.05, 0.1) is 52.9 Å². The Morgan fingerprint density at radius 2 is 1.59 bits per heavy atom. The van der Waals surface area contributed by atoms with Gasteiger partial charge >= 0.3 is 14.1 Å². The summed E-state index contributed by atoms with van der Waals surface area (Å²) in [5, 5.41) is 13.8. The lowest BCUT2D eigenvalue weighted by atomic mass is 9.91. The first-order valence-corrected chi connectivity index (χ1v) is 26.2. The van der Waals surface area contributed by atoms with E-state index in [9.17, 15) is 24.0 Å². The summed E-state index contributed by atoms with van der Waals surface area (Å²) in [4.78, 5) is 76.9. The molecule has 3 aromatic carbocycles. The first kappa shape index (κ1) is 55.8. The van der Waals surface area contributed by atoms with E-state index < -0.39 is 29.6 Å². The summed E-state index contributed by atoms with van der Waals surface area (Å²) in [6, 6.07) is 17.7. The SMILES string of the molecule is [B]OC(=O)CCO/N=C(\C(=O)N[C@@H]1C(=O)N2C=C(C[N+]3(C)CC[C@@H](NC(=O)c4ccc(OCc5ccc(OC)cc5)c(OCc5ccc(OC)cc5)c4OC)C[C@H]3CC)CS[C@H]12)c1csc(NC(=O)OC(C)(C)C)n1. The van der Waals surface area contributed by atoms with Gasteiger partial charge < -0.3 is 57.9 Å². The Morgan fingerprint density at radius 1 is 0.907 bits per heavy atom. The molecule has 4 heterocycles. The number of methoxy groups -OCH3 is 3. The molecule has 2 saturated heterocycles. The zero-order valence-corrected chi connectivity index (χ0v) is 44.9. The van der Waals surface area contributed by atoms with Gasteiger partial charge in [0.15, 0.2) is 22.3 Å². The van der Waals surface area contributed by atoms with Crippen LogP contribution in [0, 0.1) is 0 Å². The van der Waals surface area contributed by atoms with Crippen LogP contribution in [-0.2, 0) is 41.8 Å². The van der Waals surface area contributed by atoms with Crippen molar-refractivity contribution >= 4 is 71.8 Å². The molecule has 2 fully saturated rings. The van der Waals surface area contributed by atoms with E-state index in [-0.39, 0.29) is 77.8 Å². The predicted molar refractivity (Wildman–Crippen MR) is 282 cm³/mol. The second-order valence-corrected chi connectivity index (χ2v) is 21.2. The average molecular weight is 1070 g/mol. The number of anilines is 1. The maximum Gasteiger partial charge on any atom is 0.413 e. The van der Waals surface area contributed by atoms with Crippen molar-refractivity contribution in [1.82, 2.24) is 20.5 Å². The molecule has 75 heavy (non-hydrogen) atoms. The summed E-state index contributed by atoms with van der Waals surface area (Å²) in [6.45, 7) is 8.93. The Labute approximate surface area is 445 Å². The monoisotopic (exact) mass is 1070 g/mol. The highest BCUT2D eigenvalue weighted by Crippen LogP contribution is 2.42. The fourth-order valence-electron chi connectivity index (χ4n) is 8.93. The van der Waals surface area contributed by atoms with Crippen LogP contribution in [0.3, 0.4) is 0 Å². The van der Waals surface area contributed by atoms with Crippen LogP contribution in [0.4, 0.5) is 9.93 Å². The molecule has 5 atom stereocenters. The number of likely N-dealkylation sites (N-methyl/N-ethyl adjacent to an activating group) is 1. The third-order valence-corrected chi connectivity index (χ3v) is 14.9. The Morgan fingerprint density at radius 3 is 2.21 bits per heavy atom. The third kappa shape index (κ3) is 14.2. The van der Waals surface area contributed by atoms with Gasteiger partial charge in [-0.3, -0.25) is 24.5 Å². The Kier molecular flexibility index (Phi) is 18.6. The quantitative estimate of drug-likeness (QED) is 0.0191. The number of ether oxygens (including phenoxy) is 6. The predicted octanol–water partition coefficient (Wildman–Crippen LogP) is 6.51. The average Bonchev–Trinajstić information content (AvgIpc) is 3.86. The lowest BCUT2D eigenvalue weighted by Crippen LogP contribution is -2.69. The van der Waals surface area contributed by atoms with Crippen LogP contribution in [-0.4, -0.2) is 141 Å². The van der Waals surface area contributed by atoms with E-state index in [1.807, 2.05) is 54.7 Å². The van der Waals surface area contributed by atoms with E-state index in [1.165, 1.54) is 12.5 Å². The van der Waals surface area contributed by atoms with E-state index in [0.29, 0.717) is 35.8 Å². The number of rotatable bonds is 22. The molecule has 3 aliphatic rings. The second-order valence-electron chi connectivity index (χ2n) is 19.2. The number of aromatic nitrogens is 1. The summed E-state index contributed by atoms with van der Waals surface area (Å²) in [6.07, 6.45) is 3.22. The lowest BCUT2D eigenvalue weighted by Gasteiger charge is -2.50. The van der Waals surface area contributed by atoms with Crippen LogP contribution in [0.5, 0.6) is 28.7 Å². The zero-order valence-electron chi connectivity index (χ0n) is 43.3. The van der Waals surface area contributed by atoms with Crippen molar-refractivity contribution in [3.63, 3.8) is 0 Å². The molecule has 0 spiro atoms. The van der Waals surface area contributed by atoms with Gasteiger partial charge in [-0.15, -0.1) is 23.1 Å². The summed E-state index contributed by atoms with van der Waals surface area (Å²) in [5.74, 6) is 0.968. The molecule has 23 heteroatoms. The number of nitrogens with zero attached hydrogens (tertiary/aromatic N) is 4. The molecule has 0 aliphatic carbocycles. The van der Waals surface area contributed by atoms with Crippen molar-refractivity contribution in [2.24, 2.45) is 5.16 Å². The van der Waals surface area contributed by atoms with E-state index in [4.69, 9.17) is 41.3 Å². The first-order valence-electron chi connectivity index (χ1n) is 24.3. The number of hydrogen-bond acceptors (Lipinski definition) is 17. The molecule has 0 bridgehead atoms. The van der Waals surface area contributed by atoms with E-state index in [0.717, 1.165) is 63.4 Å². The normalized spacial score (nSPS) is 20.3. The number of carbonyl (C=O) groups is 5. The number of quaternary nitrogens is 1. The van der Waals surface area contributed by atoms with Gasteiger partial charge in [0, 0.05) is 41.8 Å². The molecule has 4 amide bonds. The fraction of sp³-hybridized carbons (Fsp3) is 0.442. The maximum absolute atomic E-state index is 14.2. The van der Waals surface area contributed by atoms with Gasteiger partial charge in [-0.25, -0.2) is 9.78 Å². The van der Waals surface area contributed by atoms with Crippen LogP contribution in [0.2, 0.25) is 0 Å². The Balaban J connectivity index is 0.982. The zero-order chi connectivity index (χ0) is 53.9. The van der Waals surface area contributed by atoms with Gasteiger partial charge in [-0.2, -0.15) is 0 Å². The van der Waals surface area contributed by atoms with Gasteiger partial charge in [0.2, 0.25) is 5.75 Å². The number of nitrogens with one attached hydrogen (secondary N) is 3. The van der Waals surface area contributed by atoms with Gasteiger partial charge in [0.1, 0.15) is 60.6 Å². The van der Waals surface area contributed by atoms with E-state index >= 15 is 0 Å². The van der Waals surface area contributed by atoms with Crippen molar-refractivity contribution < 1.29 is 66.4 Å². The van der Waals surface area contributed by atoms with Crippen LogP contribution in [0.15, 0.2) is 83.0 Å². The number of fused-ring (bicyclic) bond motifs is 1. The van der Waals surface area contributed by atoms with Crippen LogP contribution in [0.25, 0.3) is 0 Å². The fourth-order valence-corrected chi connectivity index (χ4v) is 10.9. The van der Waals surface area contributed by atoms with E-state index in [2.05, 4.69) is 44.7 Å². The number of amides is 4. The molecule has 398 valence electrons. The van der Waals surface area contributed by atoms with Crippen LogP contribution in [0.1, 0.15) is 80.6 Å². The molecule has 2 radical (unpaired) electrons. The van der Waals surface area contributed by atoms with Crippen molar-refractivity contribution in [2.75, 3.05) is 59.1 Å². The number of piperidine rings is 1. The summed E-state index contributed by atoms with van der Waals surface area (Å²) in [7, 11) is 11.9. The number of thiazole rings is 1. The lowest BCUT2D eigenvalue weighted by molar-refractivity contribution is -0.934. The number of oxime groups is 1. The van der Waals surface area contributed by atoms with Crippen LogP contribution < -0.4 is 39.6 Å². The second kappa shape index (κ2) is 25.0. The maximum atomic E-state index is 14.2. The minimum absolute atomic E-state index is 0.0549. The number of carbonyl (C=O) groups excluding carboxylic acids is 5. The van der Waals surface area contributed by atoms with E-state index in [1.54, 1.807) is 63.8 Å². The van der Waals surface area contributed by atoms with Gasteiger partial charge in [-0.05, 0) is 74.7 Å². The molecular formula is C52H63BN7O13S2+. The highest BCUT2D eigenvalue weighted by atomic mass is 32.2. The first-order chi connectivity index (χ1) is 35.9. The molecule has 4 aromatic rings. The topological polar surface area (TPSA) is 224 Å². The molecule has 1 unspecified atom stereocenters. The number of thioether (sulfide) groups is 1. The number of benzene rings is 3. The molecule has 1 aromatic heterocycles. The standard InChI is InChI=1S/C52H62BN7O13S2/c1-9-35-24-34(54-46(62)38-18-19-40(69-27-31-10-14-36(66-6)15-11-31)45(44(38)68-8)70-28-32-12-16-37(67-7)17-13-32)20-22-60(35,5)26-33-25-59-48(64)43(49(59)74-29-33)56-47(63)42(58-71-23-21-41(61)73-53)39-30-75-50(55-39)57-51(65)72-52(2,3)4/h10-19,25,30,34-35,43,49H,9,20-24,26-29H2,1-8H3,(H2-,54,55,56,57,62,63,65)/p+1/b58-42-/t34-,35-,43-,49-,60?/m1/s1. The molecule has 7 rings (SSSR count). The molecule has 3 aliphatic heterocycles. The highest BCUT2D eigenvalue weighted by molar-refractivity contribution is 8.00. The van der Waals surface area contributed by atoms with Crippen molar-refractivity contribution in [3.8, 4) is 28.7 Å². The molecular weight excluding hydrogens is 1010 g/mol. The van der Waals surface area contributed by atoms with Gasteiger partial charge in [-0.1, -0.05) is 36.3 Å². The van der Waals surface area contributed by atoms with Crippen molar-refractivity contribution in [1.29, 1.82) is 0 Å². The minimum Gasteiger partial charge on any atom is -0.543 e. The number of hydrogen-bond donors (Lipinski definition) is 3. The Hall–Kier alpha value is -6.98.